The average Bonchev–Trinajstić information content (AvgIpc) is 2.55. The third-order valence-corrected chi connectivity index (χ3v) is 3.49. The van der Waals surface area contributed by atoms with Gasteiger partial charge in [0.2, 0.25) is 5.91 Å². The largest absolute Gasteiger partial charge is 0.490 e. The minimum Gasteiger partial charge on any atom is -0.490 e. The van der Waals surface area contributed by atoms with E-state index in [0.717, 1.165) is 17.0 Å². The van der Waals surface area contributed by atoms with E-state index in [1.807, 2.05) is 35.2 Å². The van der Waals surface area contributed by atoms with E-state index in [4.69, 9.17) is 10.5 Å². The number of nitrogens with one attached hydrogen (secondary N) is 1. The van der Waals surface area contributed by atoms with Crippen molar-refractivity contribution in [2.24, 2.45) is 5.73 Å². The zero-order valence-electron chi connectivity index (χ0n) is 12.2. The van der Waals surface area contributed by atoms with Crippen LogP contribution in [0.3, 0.4) is 0 Å². The second-order valence-electron chi connectivity index (χ2n) is 5.04. The normalized spacial score (nSPS) is 13.2. The molecule has 1 aromatic heterocycles. The molecule has 1 aromatic carbocycles. The van der Waals surface area contributed by atoms with Crippen molar-refractivity contribution >= 4 is 17.4 Å². The lowest BCUT2D eigenvalue weighted by molar-refractivity contribution is -0.115. The molecular formula is C16H18N4O2. The van der Waals surface area contributed by atoms with Crippen LogP contribution in [0.5, 0.6) is 5.75 Å². The summed E-state index contributed by atoms with van der Waals surface area (Å²) in [5.41, 5.74) is 7.57. The van der Waals surface area contributed by atoms with Crippen LogP contribution in [0.4, 0.5) is 11.5 Å². The Bertz CT molecular complexity index is 660. The number of fused-ring (bicyclic) bond motifs is 1. The van der Waals surface area contributed by atoms with Crippen LogP contribution in [0.2, 0.25) is 0 Å². The summed E-state index contributed by atoms with van der Waals surface area (Å²) in [6.07, 6.45) is 1.65. The van der Waals surface area contributed by atoms with Crippen molar-refractivity contribution in [3.05, 3.63) is 48.2 Å². The van der Waals surface area contributed by atoms with Crippen LogP contribution in [0.15, 0.2) is 42.6 Å². The van der Waals surface area contributed by atoms with Gasteiger partial charge in [-0.15, -0.1) is 0 Å². The van der Waals surface area contributed by atoms with Crippen molar-refractivity contribution in [1.29, 1.82) is 0 Å². The number of benzene rings is 1. The highest BCUT2D eigenvalue weighted by molar-refractivity contribution is 5.93. The Labute approximate surface area is 128 Å². The molecule has 0 saturated heterocycles. The molecule has 3 rings (SSSR count). The van der Waals surface area contributed by atoms with E-state index < -0.39 is 0 Å². The number of nitrogens with two attached hydrogens (primary N) is 1. The van der Waals surface area contributed by atoms with E-state index in [1.54, 1.807) is 12.3 Å². The second kappa shape index (κ2) is 6.44. The van der Waals surface area contributed by atoms with Crippen LogP contribution < -0.4 is 20.7 Å². The van der Waals surface area contributed by atoms with Crippen molar-refractivity contribution in [3.63, 3.8) is 0 Å². The SMILES string of the molecule is NCc1ccc2c(c1)OCCN2CC(=O)Nc1ccccn1. The van der Waals surface area contributed by atoms with Gasteiger partial charge in [0, 0.05) is 12.7 Å². The molecule has 2 aromatic rings. The van der Waals surface area contributed by atoms with Crippen molar-refractivity contribution in [1.82, 2.24) is 4.98 Å². The number of carbonyl (C=O) groups is 1. The topological polar surface area (TPSA) is 80.5 Å². The first kappa shape index (κ1) is 14.3. The van der Waals surface area contributed by atoms with Gasteiger partial charge in [-0.25, -0.2) is 4.98 Å². The van der Waals surface area contributed by atoms with E-state index in [2.05, 4.69) is 10.3 Å². The number of aromatic nitrogens is 1. The number of hydrogen-bond donors (Lipinski definition) is 2. The Morgan fingerprint density at radius 2 is 2.27 bits per heavy atom. The fourth-order valence-corrected chi connectivity index (χ4v) is 2.41. The first-order chi connectivity index (χ1) is 10.8. The van der Waals surface area contributed by atoms with Gasteiger partial charge in [-0.3, -0.25) is 4.79 Å². The summed E-state index contributed by atoms with van der Waals surface area (Å²) in [4.78, 5) is 18.2. The average molecular weight is 298 g/mol. The highest BCUT2D eigenvalue weighted by Crippen LogP contribution is 2.32. The van der Waals surface area contributed by atoms with Crippen molar-refractivity contribution in [3.8, 4) is 5.75 Å². The smallest absolute Gasteiger partial charge is 0.245 e. The summed E-state index contributed by atoms with van der Waals surface area (Å²) in [5, 5.41) is 2.79. The Morgan fingerprint density at radius 3 is 3.05 bits per heavy atom. The van der Waals surface area contributed by atoms with Crippen LogP contribution in [-0.2, 0) is 11.3 Å². The maximum atomic E-state index is 12.2. The van der Waals surface area contributed by atoms with Gasteiger partial charge in [0.05, 0.1) is 18.8 Å². The van der Waals surface area contributed by atoms with E-state index >= 15 is 0 Å². The number of anilines is 2. The lowest BCUT2D eigenvalue weighted by Gasteiger charge is -2.31. The zero-order chi connectivity index (χ0) is 15.4. The van der Waals surface area contributed by atoms with Crippen LogP contribution >= 0.6 is 0 Å². The summed E-state index contributed by atoms with van der Waals surface area (Å²) < 4.78 is 5.65. The molecule has 0 saturated carbocycles. The molecule has 0 atom stereocenters. The van der Waals surface area contributed by atoms with Crippen molar-refractivity contribution in [2.75, 3.05) is 29.9 Å². The summed E-state index contributed by atoms with van der Waals surface area (Å²) >= 11 is 0. The molecule has 1 amide bonds. The van der Waals surface area contributed by atoms with Gasteiger partial charge in [0.25, 0.3) is 0 Å². The van der Waals surface area contributed by atoms with Gasteiger partial charge in [-0.2, -0.15) is 0 Å². The van der Waals surface area contributed by atoms with E-state index in [9.17, 15) is 4.79 Å². The van der Waals surface area contributed by atoms with Crippen LogP contribution in [0, 0.1) is 0 Å². The number of amides is 1. The first-order valence-electron chi connectivity index (χ1n) is 7.18. The standard InChI is InChI=1S/C16H18N4O2/c17-10-12-4-5-13-14(9-12)22-8-7-20(13)11-16(21)19-15-3-1-2-6-18-15/h1-6,9H,7-8,10-11,17H2,(H,18,19,21). The highest BCUT2D eigenvalue weighted by Gasteiger charge is 2.20. The molecule has 0 unspecified atom stereocenters. The number of pyridine rings is 1. The Hall–Kier alpha value is -2.60. The number of ether oxygens (including phenoxy) is 1. The number of hydrogen-bond acceptors (Lipinski definition) is 5. The number of carbonyl (C=O) groups excluding carboxylic acids is 1. The molecule has 6 nitrogen and oxygen atoms in total. The number of rotatable bonds is 4. The monoisotopic (exact) mass is 298 g/mol. The molecule has 0 fully saturated rings. The predicted molar refractivity (Wildman–Crippen MR) is 84.9 cm³/mol. The van der Waals surface area contributed by atoms with Gasteiger partial charge in [0.1, 0.15) is 18.2 Å². The minimum atomic E-state index is -0.102. The molecule has 6 heteroatoms. The van der Waals surface area contributed by atoms with Crippen LogP contribution in [0.1, 0.15) is 5.56 Å². The van der Waals surface area contributed by atoms with E-state index in [0.29, 0.717) is 25.5 Å². The van der Waals surface area contributed by atoms with Crippen LogP contribution in [0.25, 0.3) is 0 Å². The van der Waals surface area contributed by atoms with Crippen molar-refractivity contribution in [2.45, 2.75) is 6.54 Å². The molecule has 1 aliphatic heterocycles. The Balaban J connectivity index is 1.70. The fraction of sp³-hybridized carbons (Fsp3) is 0.250. The molecule has 1 aliphatic rings. The van der Waals surface area contributed by atoms with E-state index in [-0.39, 0.29) is 12.5 Å². The lowest BCUT2D eigenvalue weighted by Crippen LogP contribution is -2.39. The van der Waals surface area contributed by atoms with Gasteiger partial charge in [0.15, 0.2) is 0 Å². The molecule has 0 aliphatic carbocycles. The zero-order valence-corrected chi connectivity index (χ0v) is 12.2. The predicted octanol–water partition coefficient (Wildman–Crippen LogP) is 1.38. The van der Waals surface area contributed by atoms with Gasteiger partial charge in [-0.1, -0.05) is 12.1 Å². The maximum Gasteiger partial charge on any atom is 0.245 e. The summed E-state index contributed by atoms with van der Waals surface area (Å²) in [6, 6.07) is 11.2. The molecule has 3 N–H and O–H groups in total. The van der Waals surface area contributed by atoms with Crippen molar-refractivity contribution < 1.29 is 9.53 Å². The quantitative estimate of drug-likeness (QED) is 0.891. The Morgan fingerprint density at radius 1 is 1.36 bits per heavy atom. The molecule has 2 heterocycles. The maximum absolute atomic E-state index is 12.2. The third kappa shape index (κ3) is 3.17. The molecule has 0 radical (unpaired) electrons. The molecule has 0 bridgehead atoms. The van der Waals surface area contributed by atoms with Gasteiger partial charge < -0.3 is 20.7 Å². The van der Waals surface area contributed by atoms with Crippen LogP contribution in [-0.4, -0.2) is 30.6 Å². The Kier molecular flexibility index (Phi) is 4.20. The summed E-state index contributed by atoms with van der Waals surface area (Å²) in [5.74, 6) is 1.23. The first-order valence-corrected chi connectivity index (χ1v) is 7.18. The fourth-order valence-electron chi connectivity index (χ4n) is 2.41. The lowest BCUT2D eigenvalue weighted by atomic mass is 10.1. The summed E-state index contributed by atoms with van der Waals surface area (Å²) in [6.45, 7) is 1.95. The van der Waals surface area contributed by atoms with Gasteiger partial charge >= 0.3 is 0 Å². The molecule has 114 valence electrons. The number of nitrogens with zero attached hydrogens (tertiary/aromatic N) is 2. The third-order valence-electron chi connectivity index (χ3n) is 3.49. The minimum absolute atomic E-state index is 0.102. The highest BCUT2D eigenvalue weighted by atomic mass is 16.5. The molecule has 0 spiro atoms. The van der Waals surface area contributed by atoms with E-state index in [1.165, 1.54) is 0 Å². The second-order valence-corrected chi connectivity index (χ2v) is 5.04. The molecule has 22 heavy (non-hydrogen) atoms. The molecular weight excluding hydrogens is 280 g/mol. The summed E-state index contributed by atoms with van der Waals surface area (Å²) in [7, 11) is 0. The van der Waals surface area contributed by atoms with Gasteiger partial charge in [-0.05, 0) is 29.8 Å².